The van der Waals surface area contributed by atoms with E-state index >= 15 is 0 Å². The highest BCUT2D eigenvalue weighted by atomic mass is 19.4. The third-order valence-electron chi connectivity index (χ3n) is 3.58. The molecule has 0 aromatic heterocycles. The van der Waals surface area contributed by atoms with E-state index in [-0.39, 0.29) is 18.1 Å². The van der Waals surface area contributed by atoms with Crippen molar-refractivity contribution in [2.75, 3.05) is 13.7 Å². The molecule has 1 heterocycles. The lowest BCUT2D eigenvalue weighted by molar-refractivity contribution is -0.275. The number of alkyl halides is 3. The van der Waals surface area contributed by atoms with E-state index in [1.165, 1.54) is 18.7 Å². The number of benzene rings is 1. The van der Waals surface area contributed by atoms with E-state index in [9.17, 15) is 18.0 Å². The van der Waals surface area contributed by atoms with Crippen LogP contribution in [0.1, 0.15) is 24.5 Å². The quantitative estimate of drug-likeness (QED) is 0.602. The van der Waals surface area contributed by atoms with Gasteiger partial charge < -0.3 is 14.2 Å². The van der Waals surface area contributed by atoms with Gasteiger partial charge in [0.1, 0.15) is 12.4 Å². The Morgan fingerprint density at radius 2 is 2.16 bits per heavy atom. The van der Waals surface area contributed by atoms with Gasteiger partial charge in [-0.3, -0.25) is 10.0 Å². The summed E-state index contributed by atoms with van der Waals surface area (Å²) in [5.41, 5.74) is 2.37. The molecule has 1 aliphatic heterocycles. The molecule has 2 rings (SSSR count). The van der Waals surface area contributed by atoms with Crippen LogP contribution in [0.4, 0.5) is 13.2 Å². The first-order valence-corrected chi connectivity index (χ1v) is 7.54. The van der Waals surface area contributed by atoms with Crippen LogP contribution in [0.5, 0.6) is 11.5 Å². The Hall–Kier alpha value is -2.42. The van der Waals surface area contributed by atoms with Crippen LogP contribution in [-0.4, -0.2) is 31.2 Å². The average molecular weight is 361 g/mol. The van der Waals surface area contributed by atoms with E-state index < -0.39 is 23.9 Å². The Labute approximate surface area is 142 Å². The average Bonchev–Trinajstić information content (AvgIpc) is 3.02. The molecule has 0 saturated carbocycles. The van der Waals surface area contributed by atoms with Crippen molar-refractivity contribution in [3.05, 3.63) is 29.3 Å². The van der Waals surface area contributed by atoms with Gasteiger partial charge in [-0.05, 0) is 30.2 Å². The number of rotatable bonds is 6. The molecule has 0 spiro atoms. The molecule has 6 nitrogen and oxygen atoms in total. The highest BCUT2D eigenvalue weighted by molar-refractivity contribution is 5.83. The number of aryl methyl sites for hydroxylation is 1. The number of halogens is 3. The molecule has 1 aliphatic rings. The standard InChI is InChI=1S/C16H18F3NO5/c1-3-4-9-5-10(12-7-11(8-24-12)15(21)20-22)6-13(14(9)23-2)25-16(17,18)19/h5-7,11,22H,3-4,8H2,1-2H3,(H,20,21). The highest BCUT2D eigenvalue weighted by Crippen LogP contribution is 2.39. The topological polar surface area (TPSA) is 77.0 Å². The molecule has 0 fully saturated rings. The van der Waals surface area contributed by atoms with Crippen molar-refractivity contribution in [2.24, 2.45) is 5.92 Å². The number of carbonyl (C=O) groups is 1. The van der Waals surface area contributed by atoms with Gasteiger partial charge in [0.15, 0.2) is 11.5 Å². The monoisotopic (exact) mass is 361 g/mol. The van der Waals surface area contributed by atoms with Crippen LogP contribution in [-0.2, 0) is 16.0 Å². The third-order valence-corrected chi connectivity index (χ3v) is 3.58. The lowest BCUT2D eigenvalue weighted by Crippen LogP contribution is -2.27. The molecule has 0 radical (unpaired) electrons. The summed E-state index contributed by atoms with van der Waals surface area (Å²) in [6, 6.07) is 2.78. The molecule has 1 aromatic carbocycles. The van der Waals surface area contributed by atoms with Crippen molar-refractivity contribution < 1.29 is 37.4 Å². The first kappa shape index (κ1) is 18.9. The second-order valence-corrected chi connectivity index (χ2v) is 5.39. The van der Waals surface area contributed by atoms with Crippen molar-refractivity contribution >= 4 is 11.7 Å². The van der Waals surface area contributed by atoms with Crippen molar-refractivity contribution in [3.63, 3.8) is 0 Å². The predicted octanol–water partition coefficient (Wildman–Crippen LogP) is 3.04. The fourth-order valence-corrected chi connectivity index (χ4v) is 2.56. The number of amides is 1. The van der Waals surface area contributed by atoms with Gasteiger partial charge in [0.2, 0.25) is 0 Å². The zero-order valence-corrected chi connectivity index (χ0v) is 13.6. The zero-order chi connectivity index (χ0) is 18.6. The molecular weight excluding hydrogens is 343 g/mol. The summed E-state index contributed by atoms with van der Waals surface area (Å²) in [7, 11) is 1.27. The van der Waals surface area contributed by atoms with Crippen molar-refractivity contribution in [1.29, 1.82) is 0 Å². The second kappa shape index (κ2) is 7.64. The number of carbonyl (C=O) groups excluding carboxylic acids is 1. The summed E-state index contributed by atoms with van der Waals surface area (Å²) in [5, 5.41) is 8.66. The van der Waals surface area contributed by atoms with Gasteiger partial charge in [0.25, 0.3) is 5.91 Å². The first-order chi connectivity index (χ1) is 11.8. The Morgan fingerprint density at radius 3 is 2.72 bits per heavy atom. The molecule has 1 aromatic rings. The summed E-state index contributed by atoms with van der Waals surface area (Å²) < 4.78 is 52.6. The van der Waals surface area contributed by atoms with Crippen molar-refractivity contribution in [3.8, 4) is 11.5 Å². The minimum absolute atomic E-state index is 0.00572. The summed E-state index contributed by atoms with van der Waals surface area (Å²) in [6.07, 6.45) is -2.29. The maximum Gasteiger partial charge on any atom is 0.573 e. The molecule has 1 atom stereocenters. The van der Waals surface area contributed by atoms with E-state index in [0.29, 0.717) is 24.0 Å². The largest absolute Gasteiger partial charge is 0.573 e. The minimum atomic E-state index is -4.88. The number of methoxy groups -OCH3 is 1. The zero-order valence-electron chi connectivity index (χ0n) is 13.6. The van der Waals surface area contributed by atoms with Gasteiger partial charge in [-0.15, -0.1) is 13.2 Å². The molecule has 2 N–H and O–H groups in total. The number of hydrogen-bond donors (Lipinski definition) is 2. The summed E-state index contributed by atoms with van der Waals surface area (Å²) >= 11 is 0. The van der Waals surface area contributed by atoms with Crippen molar-refractivity contribution in [2.45, 2.75) is 26.1 Å². The molecule has 0 bridgehead atoms. The molecule has 1 unspecified atom stereocenters. The first-order valence-electron chi connectivity index (χ1n) is 7.54. The van der Waals surface area contributed by atoms with Crippen LogP contribution in [0.3, 0.4) is 0 Å². The normalized spacial score (nSPS) is 16.9. The number of hydroxylamine groups is 1. The van der Waals surface area contributed by atoms with Crippen LogP contribution < -0.4 is 15.0 Å². The molecular formula is C16H18F3NO5. The van der Waals surface area contributed by atoms with Crippen molar-refractivity contribution in [1.82, 2.24) is 5.48 Å². The maximum atomic E-state index is 12.7. The highest BCUT2D eigenvalue weighted by Gasteiger charge is 2.34. The van der Waals surface area contributed by atoms with Gasteiger partial charge in [-0.25, -0.2) is 5.48 Å². The number of ether oxygens (including phenoxy) is 3. The predicted molar refractivity (Wildman–Crippen MR) is 81.0 cm³/mol. The van der Waals surface area contributed by atoms with Crippen LogP contribution in [0.15, 0.2) is 18.2 Å². The Bertz CT molecular complexity index is 672. The van der Waals surface area contributed by atoms with E-state index in [0.717, 1.165) is 6.07 Å². The van der Waals surface area contributed by atoms with Crippen LogP contribution in [0.2, 0.25) is 0 Å². The Balaban J connectivity index is 2.46. The summed E-state index contributed by atoms with van der Waals surface area (Å²) in [4.78, 5) is 11.4. The summed E-state index contributed by atoms with van der Waals surface area (Å²) in [5.74, 6) is -1.63. The fraction of sp³-hybridized carbons (Fsp3) is 0.438. The van der Waals surface area contributed by atoms with E-state index in [1.807, 2.05) is 6.92 Å². The second-order valence-electron chi connectivity index (χ2n) is 5.39. The van der Waals surface area contributed by atoms with E-state index in [1.54, 1.807) is 6.07 Å². The smallest absolute Gasteiger partial charge is 0.493 e. The van der Waals surface area contributed by atoms with Gasteiger partial charge >= 0.3 is 6.36 Å². The Morgan fingerprint density at radius 1 is 1.44 bits per heavy atom. The third kappa shape index (κ3) is 4.56. The van der Waals surface area contributed by atoms with Crippen LogP contribution in [0.25, 0.3) is 5.76 Å². The fourth-order valence-electron chi connectivity index (χ4n) is 2.56. The van der Waals surface area contributed by atoms with Crippen LogP contribution >= 0.6 is 0 Å². The molecule has 138 valence electrons. The molecule has 9 heteroatoms. The SMILES string of the molecule is CCCc1cc(C2=CC(C(=O)NO)CO2)cc(OC(F)(F)F)c1OC. The van der Waals surface area contributed by atoms with Gasteiger partial charge in [0, 0.05) is 5.56 Å². The molecule has 0 saturated heterocycles. The van der Waals surface area contributed by atoms with Gasteiger partial charge in [0.05, 0.1) is 13.0 Å². The van der Waals surface area contributed by atoms with Crippen LogP contribution in [0, 0.1) is 5.92 Å². The van der Waals surface area contributed by atoms with Gasteiger partial charge in [-0.2, -0.15) is 0 Å². The van der Waals surface area contributed by atoms with E-state index in [2.05, 4.69) is 4.74 Å². The molecule has 25 heavy (non-hydrogen) atoms. The van der Waals surface area contributed by atoms with Gasteiger partial charge in [-0.1, -0.05) is 13.3 Å². The molecule has 1 amide bonds. The lowest BCUT2D eigenvalue weighted by atomic mass is 10.0. The number of nitrogens with one attached hydrogen (secondary N) is 1. The number of hydrogen-bond acceptors (Lipinski definition) is 5. The lowest BCUT2D eigenvalue weighted by Gasteiger charge is -2.17. The Kier molecular flexibility index (Phi) is 5.78. The molecule has 0 aliphatic carbocycles. The minimum Gasteiger partial charge on any atom is -0.493 e. The van der Waals surface area contributed by atoms with E-state index in [4.69, 9.17) is 14.7 Å². The summed E-state index contributed by atoms with van der Waals surface area (Å²) in [6.45, 7) is 1.86. The maximum absolute atomic E-state index is 12.7.